The minimum Gasteiger partial charge on any atom is -0.363 e. The average Bonchev–Trinajstić information content (AvgIpc) is 3.50. The average molecular weight is 543 g/mol. The molecule has 10 nitrogen and oxygen atoms in total. The van der Waals surface area contributed by atoms with E-state index in [4.69, 9.17) is 37.3 Å². The fourth-order valence-electron chi connectivity index (χ4n) is 4.26. The molecule has 2 saturated carbocycles. The number of carbonyl (C=O) groups excluding carboxylic acids is 5. The van der Waals surface area contributed by atoms with E-state index in [1.807, 2.05) is 0 Å². The van der Waals surface area contributed by atoms with Crippen LogP contribution in [0.5, 0.6) is 0 Å². The lowest BCUT2D eigenvalue weighted by molar-refractivity contribution is -0.145. The maximum absolute atomic E-state index is 14.9. The predicted molar refractivity (Wildman–Crippen MR) is 139 cm³/mol. The number of nitrogens with one attached hydrogen (secondary N) is 3. The van der Waals surface area contributed by atoms with E-state index in [0.29, 0.717) is 0 Å². The Morgan fingerprint density at radius 3 is 2.35 bits per heavy atom. The van der Waals surface area contributed by atoms with Crippen LogP contribution in [-0.4, -0.2) is 64.6 Å². The molecule has 0 aromatic carbocycles. The van der Waals surface area contributed by atoms with Gasteiger partial charge in [-0.25, -0.2) is 4.79 Å². The van der Waals surface area contributed by atoms with Gasteiger partial charge >= 0.3 is 6.03 Å². The number of likely N-dealkylation sites (tertiary alicyclic amines) is 1. The number of ketones is 1. The highest BCUT2D eigenvalue weighted by atomic mass is 16.2. The van der Waals surface area contributed by atoms with Crippen LogP contribution >= 0.6 is 0 Å². The Morgan fingerprint density at radius 1 is 1.16 bits per heavy atom. The molecular formula is C27H45N5O5. The van der Waals surface area contributed by atoms with Crippen molar-refractivity contribution in [2.45, 2.75) is 104 Å². The largest absolute Gasteiger partial charge is 0.363 e. The number of hydrogen-bond acceptors (Lipinski definition) is 5. The van der Waals surface area contributed by atoms with Crippen LogP contribution in [0.25, 0.3) is 0 Å². The number of Topliss-reactive ketones (excluding diaryl/α,β-unsaturated/α-hetero) is 1. The zero-order valence-electron chi connectivity index (χ0n) is 43.3. The molecule has 5 N–H and O–H groups in total. The molecule has 0 bridgehead atoms. The van der Waals surface area contributed by atoms with Crippen molar-refractivity contribution >= 4 is 29.5 Å². The molecule has 0 aromatic rings. The summed E-state index contributed by atoms with van der Waals surface area (Å²) in [5, 5.41) is 5.56. The van der Waals surface area contributed by atoms with E-state index in [1.165, 1.54) is 20.8 Å². The SMILES string of the molecule is [2H]C([2H])([2H])C1(C([2H])([2H])[2H])[C@@H]2[C@@H](C(=O)N[C@]([2H])(CC3([2H])C([2H])([2H])C([2H])([2H])C3([2H])[2H])C(=O)C(N)=O)N(C(=O)[C@@H](NC(=O)NC(C)(C)C)C(C([2H])([2H])[2H])(C([2H])([2H])[2H])C([2H])([2H])[2H])C[C@@H]21. The normalized spacial score (nSPS) is 42.9. The standard InChI is InChI=1S/C27H45N5O5/c1-25(2,3)20(30-24(37)31-26(4,5)6)23(36)32-13-15-17(27(15,7)8)18(32)22(35)29-16(19(33)21(28)34)12-14-10-9-11-14/h14-18,20H,9-13H2,1-8H3,(H2,28,34)(H,29,35)(H2,30,31,37)/t15-,16+,17-,18-,20+/m0/s1/i1D3,2D3,3D3,7D3,8D3,9D2,10D2,11D2,14D,16D. The van der Waals surface area contributed by atoms with E-state index in [2.05, 4.69) is 5.32 Å². The van der Waals surface area contributed by atoms with E-state index in [1.54, 1.807) is 10.6 Å². The second-order valence-electron chi connectivity index (χ2n) is 10.2. The van der Waals surface area contributed by atoms with Gasteiger partial charge in [-0.05, 0) is 55.8 Å². The van der Waals surface area contributed by atoms with Gasteiger partial charge in [0, 0.05) is 42.2 Å². The third kappa shape index (κ3) is 6.26. The van der Waals surface area contributed by atoms with Gasteiger partial charge in [0.2, 0.25) is 17.6 Å². The van der Waals surface area contributed by atoms with Gasteiger partial charge in [0.15, 0.2) is 0 Å². The monoisotopic (exact) mass is 542 g/mol. The smallest absolute Gasteiger partial charge is 0.315 e. The molecule has 3 rings (SSSR count). The van der Waals surface area contributed by atoms with Crippen LogP contribution in [-0.2, 0) is 19.2 Å². The summed E-state index contributed by atoms with van der Waals surface area (Å²) >= 11 is 0. The molecule has 1 saturated heterocycles. The lowest BCUT2D eigenvalue weighted by Crippen LogP contribution is -2.62. The molecule has 0 spiro atoms. The lowest BCUT2D eigenvalue weighted by Gasteiger charge is -2.38. The van der Waals surface area contributed by atoms with Crippen LogP contribution < -0.4 is 21.7 Å². The number of nitrogens with two attached hydrogens (primary N) is 1. The number of rotatable bonds is 8. The molecule has 5 atom stereocenters. The molecule has 0 unspecified atom stereocenters. The zero-order valence-corrected chi connectivity index (χ0v) is 20.3. The number of hydrogen-bond donors (Lipinski definition) is 4. The van der Waals surface area contributed by atoms with Crippen molar-refractivity contribution in [2.75, 3.05) is 6.54 Å². The van der Waals surface area contributed by atoms with Crippen molar-refractivity contribution in [1.82, 2.24) is 20.9 Å². The summed E-state index contributed by atoms with van der Waals surface area (Å²) < 4.78 is 189. The van der Waals surface area contributed by atoms with Crippen molar-refractivity contribution < 1.29 is 55.5 Å². The number of carbonyl (C=O) groups is 5. The predicted octanol–water partition coefficient (Wildman–Crippen LogP) is 1.71. The van der Waals surface area contributed by atoms with Crippen LogP contribution in [0.15, 0.2) is 0 Å². The first-order chi connectivity index (χ1) is 26.1. The van der Waals surface area contributed by atoms with E-state index in [9.17, 15) is 24.0 Å². The lowest BCUT2D eigenvalue weighted by atomic mass is 9.80. The van der Waals surface area contributed by atoms with Gasteiger partial charge < -0.3 is 26.6 Å². The van der Waals surface area contributed by atoms with E-state index in [-0.39, 0.29) is 4.90 Å². The first-order valence-electron chi connectivity index (χ1n) is 22.6. The second kappa shape index (κ2) is 9.91. The van der Waals surface area contributed by atoms with Gasteiger partial charge in [-0.15, -0.1) is 0 Å². The number of amides is 5. The number of primary amides is 1. The molecule has 208 valence electrons. The number of urea groups is 1. The minimum absolute atomic E-state index is 0.131. The van der Waals surface area contributed by atoms with Crippen LogP contribution in [0.2, 0.25) is 0 Å². The summed E-state index contributed by atoms with van der Waals surface area (Å²) in [4.78, 5) is 68.4. The van der Waals surface area contributed by atoms with Crippen LogP contribution in [0.1, 0.15) is 112 Å². The topological polar surface area (TPSA) is 151 Å². The van der Waals surface area contributed by atoms with Crippen LogP contribution in [0.3, 0.4) is 0 Å². The fraction of sp³-hybridized carbons (Fsp3) is 0.815. The molecule has 37 heavy (non-hydrogen) atoms. The van der Waals surface area contributed by atoms with E-state index < -0.39 is 148 Å². The third-order valence-electron chi connectivity index (χ3n) is 6.05. The highest BCUT2D eigenvalue weighted by Crippen LogP contribution is 2.65. The molecule has 2 aliphatic carbocycles. The summed E-state index contributed by atoms with van der Waals surface area (Å²) in [6.45, 7) is -17.0. The zero-order chi connectivity index (χ0) is 47.8. The summed E-state index contributed by atoms with van der Waals surface area (Å²) in [5.74, 6) is -15.9. The summed E-state index contributed by atoms with van der Waals surface area (Å²) in [7, 11) is 0. The van der Waals surface area contributed by atoms with Gasteiger partial charge in [0.05, 0.1) is 7.39 Å². The van der Waals surface area contributed by atoms with Gasteiger partial charge in [0.1, 0.15) is 12.1 Å². The minimum atomic E-state index is -4.28. The molecule has 10 heteroatoms. The van der Waals surface area contributed by atoms with Crippen molar-refractivity contribution in [3.8, 4) is 0 Å². The van der Waals surface area contributed by atoms with E-state index in [0.717, 1.165) is 0 Å². The van der Waals surface area contributed by atoms with Gasteiger partial charge in [-0.1, -0.05) is 53.4 Å². The fourth-order valence-corrected chi connectivity index (χ4v) is 4.26. The summed E-state index contributed by atoms with van der Waals surface area (Å²) in [5.41, 5.74) is -3.41. The van der Waals surface area contributed by atoms with Crippen molar-refractivity contribution in [3.63, 3.8) is 0 Å². The van der Waals surface area contributed by atoms with Gasteiger partial charge in [-0.2, -0.15) is 0 Å². The Bertz CT molecular complexity index is 1730. The molecule has 1 heterocycles. The summed E-state index contributed by atoms with van der Waals surface area (Å²) in [6, 6.07) is -11.3. The van der Waals surface area contributed by atoms with Gasteiger partial charge in [-0.3, -0.25) is 19.2 Å². The second-order valence-corrected chi connectivity index (χ2v) is 10.2. The maximum Gasteiger partial charge on any atom is 0.315 e. The van der Waals surface area contributed by atoms with Crippen molar-refractivity contribution in [1.29, 1.82) is 0 Å². The van der Waals surface area contributed by atoms with Crippen molar-refractivity contribution in [2.24, 2.45) is 34.3 Å². The maximum atomic E-state index is 14.9. The van der Waals surface area contributed by atoms with Crippen LogP contribution in [0.4, 0.5) is 4.79 Å². The first kappa shape index (κ1) is 10.8. The quantitative estimate of drug-likeness (QED) is 0.344. The Morgan fingerprint density at radius 2 is 1.81 bits per heavy atom. The van der Waals surface area contributed by atoms with Gasteiger partial charge in [0.25, 0.3) is 5.91 Å². The molecule has 3 fully saturated rings. The molecule has 3 aliphatic rings. The molecule has 5 amide bonds. The molecule has 1 aliphatic heterocycles. The Labute approximate surface area is 252 Å². The molecule has 0 radical (unpaired) electrons. The number of piperidine rings is 1. The summed E-state index contributed by atoms with van der Waals surface area (Å²) in [6.07, 6.45) is -12.6. The Kier molecular flexibility index (Phi) is 2.90. The number of fused-ring (bicyclic) bond motifs is 1. The van der Waals surface area contributed by atoms with Crippen molar-refractivity contribution in [3.05, 3.63) is 0 Å². The highest BCUT2D eigenvalue weighted by Gasteiger charge is 2.70. The molecule has 0 aromatic heterocycles. The Balaban J connectivity index is 2.40. The first-order valence-corrected chi connectivity index (χ1v) is 11.1. The van der Waals surface area contributed by atoms with E-state index >= 15 is 0 Å². The van der Waals surface area contributed by atoms with Crippen LogP contribution in [0, 0.1) is 28.6 Å². The third-order valence-corrected chi connectivity index (χ3v) is 6.05. The molecular weight excluding hydrogens is 474 g/mol. The highest BCUT2D eigenvalue weighted by molar-refractivity contribution is 6.37. The Hall–Kier alpha value is -2.65. The number of nitrogens with zero attached hydrogens (tertiary/aromatic N) is 1.